The third-order valence-corrected chi connectivity index (χ3v) is 6.13. The number of aromatic amines is 1. The van der Waals surface area contributed by atoms with Gasteiger partial charge in [0.15, 0.2) is 5.82 Å². The van der Waals surface area contributed by atoms with Gasteiger partial charge in [0.05, 0.1) is 5.75 Å². The van der Waals surface area contributed by atoms with Crippen LogP contribution in [0.4, 0.5) is 0 Å². The molecule has 150 valence electrons. The van der Waals surface area contributed by atoms with Gasteiger partial charge in [-0.1, -0.05) is 35.5 Å². The minimum atomic E-state index is 0.0186. The Morgan fingerprint density at radius 2 is 2.18 bits per heavy atom. The van der Waals surface area contributed by atoms with Crippen LogP contribution in [0.5, 0.6) is 0 Å². The average Bonchev–Trinajstić information content (AvgIpc) is 3.38. The number of ether oxygens (including phenoxy) is 1. The zero-order valence-electron chi connectivity index (χ0n) is 15.6. The molecule has 28 heavy (non-hydrogen) atoms. The number of aromatic nitrogens is 3. The Morgan fingerprint density at radius 3 is 2.93 bits per heavy atom. The molecule has 2 aliphatic rings. The standard InChI is InChI=1S/C19H24ClN5O2S/c20-15-4-1-3-14(11-15)12-24-6-8-25(9-7-24)17(26)13-28-19-21-18(22-23-19)16-5-2-10-27-16/h1,3-4,11,16H,2,5-10,12-13H2,(H,21,22,23)/t16-/m1/s1. The summed E-state index contributed by atoms with van der Waals surface area (Å²) in [5.41, 5.74) is 1.20. The molecule has 2 fully saturated rings. The minimum absolute atomic E-state index is 0.0186. The van der Waals surface area contributed by atoms with E-state index in [4.69, 9.17) is 16.3 Å². The topological polar surface area (TPSA) is 74.3 Å². The Hall–Kier alpha value is -1.61. The van der Waals surface area contributed by atoms with Crippen LogP contribution in [0.15, 0.2) is 29.4 Å². The molecule has 4 rings (SSSR count). The fourth-order valence-electron chi connectivity index (χ4n) is 3.53. The van der Waals surface area contributed by atoms with Crippen LogP contribution < -0.4 is 0 Å². The van der Waals surface area contributed by atoms with Gasteiger partial charge < -0.3 is 9.64 Å². The second-order valence-corrected chi connectivity index (χ2v) is 8.46. The lowest BCUT2D eigenvalue weighted by atomic mass is 10.2. The van der Waals surface area contributed by atoms with E-state index in [2.05, 4.69) is 26.1 Å². The third-order valence-electron chi connectivity index (χ3n) is 5.06. The third kappa shape index (κ3) is 5.05. The van der Waals surface area contributed by atoms with E-state index in [-0.39, 0.29) is 12.0 Å². The summed E-state index contributed by atoms with van der Waals surface area (Å²) in [6.07, 6.45) is 2.04. The zero-order valence-corrected chi connectivity index (χ0v) is 17.2. The van der Waals surface area contributed by atoms with Crippen LogP contribution in [0.2, 0.25) is 5.02 Å². The van der Waals surface area contributed by atoms with Gasteiger partial charge in [-0.15, -0.1) is 5.10 Å². The molecular formula is C19H24ClN5O2S. The number of carbonyl (C=O) groups is 1. The van der Waals surface area contributed by atoms with Crippen molar-refractivity contribution in [2.75, 3.05) is 38.5 Å². The predicted octanol–water partition coefficient (Wildman–Crippen LogP) is 2.75. The van der Waals surface area contributed by atoms with Crippen LogP contribution in [-0.4, -0.2) is 69.4 Å². The first kappa shape index (κ1) is 19.7. The smallest absolute Gasteiger partial charge is 0.233 e. The molecule has 0 aliphatic carbocycles. The van der Waals surface area contributed by atoms with Gasteiger partial charge in [-0.25, -0.2) is 4.98 Å². The number of nitrogens with one attached hydrogen (secondary N) is 1. The Morgan fingerprint density at radius 1 is 1.32 bits per heavy atom. The molecule has 1 atom stereocenters. The van der Waals surface area contributed by atoms with Crippen molar-refractivity contribution in [3.63, 3.8) is 0 Å². The molecule has 7 nitrogen and oxygen atoms in total. The molecule has 1 aromatic heterocycles. The van der Waals surface area contributed by atoms with E-state index in [9.17, 15) is 4.79 Å². The number of benzene rings is 1. The van der Waals surface area contributed by atoms with Crippen LogP contribution in [0.25, 0.3) is 0 Å². The van der Waals surface area contributed by atoms with E-state index < -0.39 is 0 Å². The summed E-state index contributed by atoms with van der Waals surface area (Å²) in [7, 11) is 0. The number of H-pyrrole nitrogens is 1. The van der Waals surface area contributed by atoms with Gasteiger partial charge in [0.2, 0.25) is 11.1 Å². The highest BCUT2D eigenvalue weighted by atomic mass is 35.5. The molecule has 2 aliphatic heterocycles. The lowest BCUT2D eigenvalue weighted by Gasteiger charge is -2.34. The highest BCUT2D eigenvalue weighted by Gasteiger charge is 2.23. The maximum absolute atomic E-state index is 12.5. The largest absolute Gasteiger partial charge is 0.370 e. The molecule has 1 amide bonds. The van der Waals surface area contributed by atoms with Crippen molar-refractivity contribution >= 4 is 29.3 Å². The van der Waals surface area contributed by atoms with Crippen molar-refractivity contribution in [2.45, 2.75) is 30.6 Å². The summed E-state index contributed by atoms with van der Waals surface area (Å²) < 4.78 is 5.60. The molecule has 1 aromatic carbocycles. The number of nitrogens with zero attached hydrogens (tertiary/aromatic N) is 4. The van der Waals surface area contributed by atoms with Gasteiger partial charge in [-0.05, 0) is 30.5 Å². The molecule has 0 radical (unpaired) electrons. The van der Waals surface area contributed by atoms with Crippen LogP contribution in [0.1, 0.15) is 30.3 Å². The summed E-state index contributed by atoms with van der Waals surface area (Å²) in [5.74, 6) is 1.26. The Labute approximate surface area is 173 Å². The average molecular weight is 422 g/mol. The number of piperazine rings is 1. The second-order valence-electron chi connectivity index (χ2n) is 7.08. The molecule has 2 saturated heterocycles. The van der Waals surface area contributed by atoms with Crippen molar-refractivity contribution in [3.8, 4) is 0 Å². The van der Waals surface area contributed by atoms with Gasteiger partial charge >= 0.3 is 0 Å². The lowest BCUT2D eigenvalue weighted by molar-refractivity contribution is -0.130. The summed E-state index contributed by atoms with van der Waals surface area (Å²) in [6, 6.07) is 7.94. The first-order valence-corrected chi connectivity index (χ1v) is 10.9. The molecule has 0 saturated carbocycles. The molecule has 2 aromatic rings. The maximum atomic E-state index is 12.5. The van der Waals surface area contributed by atoms with Crippen molar-refractivity contribution < 1.29 is 9.53 Å². The summed E-state index contributed by atoms with van der Waals surface area (Å²) in [6.45, 7) is 4.86. The SMILES string of the molecule is O=C(CSc1n[nH]c([C@H]2CCCO2)n1)N1CCN(Cc2cccc(Cl)c2)CC1. The van der Waals surface area contributed by atoms with Gasteiger partial charge in [0.25, 0.3) is 0 Å². The number of hydrogen-bond acceptors (Lipinski definition) is 6. The summed E-state index contributed by atoms with van der Waals surface area (Å²) in [5, 5.41) is 8.51. The number of rotatable bonds is 6. The van der Waals surface area contributed by atoms with E-state index in [0.717, 1.165) is 63.0 Å². The molecule has 9 heteroatoms. The highest BCUT2D eigenvalue weighted by Crippen LogP contribution is 2.27. The van der Waals surface area contributed by atoms with E-state index in [0.29, 0.717) is 10.9 Å². The van der Waals surface area contributed by atoms with Crippen LogP contribution in [0.3, 0.4) is 0 Å². The predicted molar refractivity (Wildman–Crippen MR) is 108 cm³/mol. The van der Waals surface area contributed by atoms with Crippen molar-refractivity contribution in [1.82, 2.24) is 25.0 Å². The molecular weight excluding hydrogens is 398 g/mol. The lowest BCUT2D eigenvalue weighted by Crippen LogP contribution is -2.48. The molecule has 3 heterocycles. The first-order valence-electron chi connectivity index (χ1n) is 9.58. The molecule has 0 bridgehead atoms. The normalized spacial score (nSPS) is 20.6. The van der Waals surface area contributed by atoms with Gasteiger partial charge in [-0.2, -0.15) is 0 Å². The Kier molecular flexibility index (Phi) is 6.51. The number of amides is 1. The maximum Gasteiger partial charge on any atom is 0.233 e. The fourth-order valence-corrected chi connectivity index (χ4v) is 4.45. The first-order chi connectivity index (χ1) is 13.7. The summed E-state index contributed by atoms with van der Waals surface area (Å²) in [4.78, 5) is 21.3. The zero-order chi connectivity index (χ0) is 19.3. The van der Waals surface area contributed by atoms with Gasteiger partial charge in [-0.3, -0.25) is 14.8 Å². The number of carbonyl (C=O) groups excluding carboxylic acids is 1. The minimum Gasteiger partial charge on any atom is -0.370 e. The Balaban J connectivity index is 1.21. The highest BCUT2D eigenvalue weighted by molar-refractivity contribution is 7.99. The molecule has 0 spiro atoms. The van der Waals surface area contributed by atoms with Crippen LogP contribution in [-0.2, 0) is 16.1 Å². The number of halogens is 1. The van der Waals surface area contributed by atoms with Crippen LogP contribution in [0, 0.1) is 0 Å². The van der Waals surface area contributed by atoms with E-state index in [1.807, 2.05) is 23.1 Å². The number of thioether (sulfide) groups is 1. The second kappa shape index (κ2) is 9.26. The van der Waals surface area contributed by atoms with Crippen molar-refractivity contribution in [2.24, 2.45) is 0 Å². The van der Waals surface area contributed by atoms with E-state index >= 15 is 0 Å². The fraction of sp³-hybridized carbons (Fsp3) is 0.526. The Bertz CT molecular complexity index is 803. The van der Waals surface area contributed by atoms with Gasteiger partial charge in [0, 0.05) is 44.4 Å². The summed E-state index contributed by atoms with van der Waals surface area (Å²) >= 11 is 7.44. The van der Waals surface area contributed by atoms with Gasteiger partial charge in [0.1, 0.15) is 6.10 Å². The quantitative estimate of drug-likeness (QED) is 0.723. The van der Waals surface area contributed by atoms with Crippen LogP contribution >= 0.6 is 23.4 Å². The van der Waals surface area contributed by atoms with E-state index in [1.165, 1.54) is 17.3 Å². The number of hydrogen-bond donors (Lipinski definition) is 1. The molecule has 0 unspecified atom stereocenters. The van der Waals surface area contributed by atoms with Crippen molar-refractivity contribution in [1.29, 1.82) is 0 Å². The van der Waals surface area contributed by atoms with E-state index in [1.54, 1.807) is 0 Å². The van der Waals surface area contributed by atoms with Crippen molar-refractivity contribution in [3.05, 3.63) is 40.7 Å². The monoisotopic (exact) mass is 421 g/mol. The molecule has 1 N–H and O–H groups in total.